The second-order valence-corrected chi connectivity index (χ2v) is 7.81. The minimum Gasteiger partial charge on any atom is -0.396 e. The fraction of sp³-hybridized carbons (Fsp3) is 0.529. The first-order valence-corrected chi connectivity index (χ1v) is 8.49. The van der Waals surface area contributed by atoms with Crippen LogP contribution < -0.4 is 0 Å². The van der Waals surface area contributed by atoms with Gasteiger partial charge in [-0.2, -0.15) is 0 Å². The van der Waals surface area contributed by atoms with Gasteiger partial charge in [0.25, 0.3) is 0 Å². The minimum atomic E-state index is 0.239. The van der Waals surface area contributed by atoms with Crippen molar-refractivity contribution < 1.29 is 5.11 Å². The van der Waals surface area contributed by atoms with Crippen molar-refractivity contribution in [3.05, 3.63) is 35.5 Å². The topological polar surface area (TPSA) is 49.2 Å². The molecule has 0 spiro atoms. The molecule has 0 saturated heterocycles. The molecular weight excluding hydrogens is 294 g/mol. The van der Waals surface area contributed by atoms with Crippen LogP contribution in [0.1, 0.15) is 32.1 Å². The maximum absolute atomic E-state index is 9.09. The number of hydrogen-bond donors (Lipinski definition) is 1. The lowest BCUT2D eigenvalue weighted by atomic mass is 9.96. The summed E-state index contributed by atoms with van der Waals surface area (Å²) in [7, 11) is 0. The highest BCUT2D eigenvalue weighted by atomic mass is 32.1. The smallest absolute Gasteiger partial charge is 0.142 e. The largest absolute Gasteiger partial charge is 0.396 e. The van der Waals surface area contributed by atoms with Crippen molar-refractivity contribution in [3.63, 3.8) is 0 Å². The molecule has 2 aromatic heterocycles. The SMILES string of the molecule is CC(C)(C)CN(CCCO)Cc1cnc(-c2ccccn2)s1. The number of rotatable bonds is 7. The Morgan fingerprint density at radius 3 is 2.68 bits per heavy atom. The van der Waals surface area contributed by atoms with Gasteiger partial charge in [0.15, 0.2) is 0 Å². The zero-order valence-corrected chi connectivity index (χ0v) is 14.4. The van der Waals surface area contributed by atoms with Crippen molar-refractivity contribution in [1.82, 2.24) is 14.9 Å². The molecule has 22 heavy (non-hydrogen) atoms. The second kappa shape index (κ2) is 7.81. The van der Waals surface area contributed by atoms with E-state index in [2.05, 4.69) is 35.6 Å². The molecule has 1 N–H and O–H groups in total. The number of pyridine rings is 1. The zero-order chi connectivity index (χ0) is 16.0. The Morgan fingerprint density at radius 2 is 2.05 bits per heavy atom. The predicted octanol–water partition coefficient (Wildman–Crippen LogP) is 3.44. The summed E-state index contributed by atoms with van der Waals surface area (Å²) in [6.45, 7) is 9.75. The molecule has 0 bridgehead atoms. The van der Waals surface area contributed by atoms with Gasteiger partial charge in [-0.3, -0.25) is 9.88 Å². The van der Waals surface area contributed by atoms with Crippen LogP contribution in [0, 0.1) is 5.41 Å². The van der Waals surface area contributed by atoms with Crippen molar-refractivity contribution in [3.8, 4) is 10.7 Å². The number of nitrogens with zero attached hydrogens (tertiary/aromatic N) is 3. The van der Waals surface area contributed by atoms with E-state index in [-0.39, 0.29) is 12.0 Å². The molecule has 0 aliphatic heterocycles. The Kier molecular flexibility index (Phi) is 6.06. The van der Waals surface area contributed by atoms with Crippen LogP contribution in [0.15, 0.2) is 30.6 Å². The van der Waals surface area contributed by atoms with Gasteiger partial charge >= 0.3 is 0 Å². The number of aliphatic hydroxyl groups is 1. The number of thiazole rings is 1. The Morgan fingerprint density at radius 1 is 1.23 bits per heavy atom. The third kappa shape index (κ3) is 5.48. The minimum absolute atomic E-state index is 0.239. The molecule has 2 aromatic rings. The maximum atomic E-state index is 9.09. The van der Waals surface area contributed by atoms with Gasteiger partial charge in [-0.05, 0) is 24.0 Å². The Hall–Kier alpha value is -1.30. The molecule has 120 valence electrons. The zero-order valence-electron chi connectivity index (χ0n) is 13.6. The van der Waals surface area contributed by atoms with Gasteiger partial charge in [-0.25, -0.2) is 4.98 Å². The molecule has 0 atom stereocenters. The molecular formula is C17H25N3OS. The Labute approximate surface area is 136 Å². The molecule has 2 rings (SSSR count). The summed E-state index contributed by atoms with van der Waals surface area (Å²) >= 11 is 1.70. The second-order valence-electron chi connectivity index (χ2n) is 6.70. The fourth-order valence-electron chi connectivity index (χ4n) is 2.39. The van der Waals surface area contributed by atoms with E-state index in [4.69, 9.17) is 5.11 Å². The number of aromatic nitrogens is 2. The molecule has 4 nitrogen and oxygen atoms in total. The van der Waals surface area contributed by atoms with Crippen LogP contribution >= 0.6 is 11.3 Å². The highest BCUT2D eigenvalue weighted by Crippen LogP contribution is 2.25. The maximum Gasteiger partial charge on any atom is 0.142 e. The van der Waals surface area contributed by atoms with Gasteiger partial charge in [0.1, 0.15) is 5.01 Å². The van der Waals surface area contributed by atoms with Gasteiger partial charge in [0.2, 0.25) is 0 Å². The van der Waals surface area contributed by atoms with Crippen LogP contribution in [-0.4, -0.2) is 39.7 Å². The summed E-state index contributed by atoms with van der Waals surface area (Å²) in [6, 6.07) is 5.88. The molecule has 0 unspecified atom stereocenters. The van der Waals surface area contributed by atoms with E-state index >= 15 is 0 Å². The number of aliphatic hydroxyl groups excluding tert-OH is 1. The highest BCUT2D eigenvalue weighted by molar-refractivity contribution is 7.14. The van der Waals surface area contributed by atoms with Crippen molar-refractivity contribution in [2.45, 2.75) is 33.7 Å². The van der Waals surface area contributed by atoms with Crippen molar-refractivity contribution >= 4 is 11.3 Å². The lowest BCUT2D eigenvalue weighted by Gasteiger charge is -2.29. The van der Waals surface area contributed by atoms with Gasteiger partial charge in [0, 0.05) is 43.5 Å². The van der Waals surface area contributed by atoms with Crippen molar-refractivity contribution in [2.24, 2.45) is 5.41 Å². The normalized spacial score (nSPS) is 12.0. The molecule has 0 aromatic carbocycles. The fourth-order valence-corrected chi connectivity index (χ4v) is 3.32. The van der Waals surface area contributed by atoms with Crippen LogP contribution in [0.4, 0.5) is 0 Å². The van der Waals surface area contributed by atoms with E-state index in [1.807, 2.05) is 24.4 Å². The lowest BCUT2D eigenvalue weighted by Crippen LogP contribution is -2.33. The monoisotopic (exact) mass is 319 g/mol. The first-order valence-electron chi connectivity index (χ1n) is 7.67. The summed E-state index contributed by atoms with van der Waals surface area (Å²) in [5.74, 6) is 0. The van der Waals surface area contributed by atoms with Crippen molar-refractivity contribution in [1.29, 1.82) is 0 Å². The summed E-state index contributed by atoms with van der Waals surface area (Å²) in [5, 5.41) is 10.1. The first-order chi connectivity index (χ1) is 10.5. The summed E-state index contributed by atoms with van der Waals surface area (Å²) in [4.78, 5) is 12.5. The average molecular weight is 319 g/mol. The molecule has 0 aliphatic carbocycles. The van der Waals surface area contributed by atoms with E-state index in [9.17, 15) is 0 Å². The van der Waals surface area contributed by atoms with Crippen LogP contribution in [0.25, 0.3) is 10.7 Å². The van der Waals surface area contributed by atoms with Crippen LogP contribution in [0.5, 0.6) is 0 Å². The van der Waals surface area contributed by atoms with Gasteiger partial charge in [-0.1, -0.05) is 26.8 Å². The van der Waals surface area contributed by atoms with Gasteiger partial charge in [-0.15, -0.1) is 11.3 Å². The summed E-state index contributed by atoms with van der Waals surface area (Å²) in [5.41, 5.74) is 1.17. The third-order valence-electron chi connectivity index (χ3n) is 3.15. The van der Waals surface area contributed by atoms with E-state index in [1.165, 1.54) is 4.88 Å². The average Bonchev–Trinajstić information content (AvgIpc) is 2.93. The molecule has 0 aliphatic rings. The first kappa shape index (κ1) is 17.1. The third-order valence-corrected chi connectivity index (χ3v) is 4.15. The Balaban J connectivity index is 2.05. The van der Waals surface area contributed by atoms with E-state index in [1.54, 1.807) is 17.5 Å². The molecule has 5 heteroatoms. The summed E-state index contributed by atoms with van der Waals surface area (Å²) < 4.78 is 0. The van der Waals surface area contributed by atoms with Crippen molar-refractivity contribution in [2.75, 3.05) is 19.7 Å². The van der Waals surface area contributed by atoms with Gasteiger partial charge in [0.05, 0.1) is 5.69 Å². The quantitative estimate of drug-likeness (QED) is 0.849. The highest BCUT2D eigenvalue weighted by Gasteiger charge is 2.17. The molecule has 0 saturated carbocycles. The predicted molar refractivity (Wildman–Crippen MR) is 91.8 cm³/mol. The molecule has 0 amide bonds. The number of hydrogen-bond acceptors (Lipinski definition) is 5. The molecule has 0 fully saturated rings. The lowest BCUT2D eigenvalue weighted by molar-refractivity contribution is 0.167. The standard InChI is InChI=1S/C17H25N3OS/c1-17(2,3)13-20(9-6-10-21)12-14-11-19-16(22-14)15-7-4-5-8-18-15/h4-5,7-8,11,21H,6,9-10,12-13H2,1-3H3. The Bertz CT molecular complexity index is 563. The molecule has 0 radical (unpaired) electrons. The van der Waals surface area contributed by atoms with E-state index < -0.39 is 0 Å². The van der Waals surface area contributed by atoms with Gasteiger partial charge < -0.3 is 5.11 Å². The van der Waals surface area contributed by atoms with Crippen LogP contribution in [0.3, 0.4) is 0 Å². The summed E-state index contributed by atoms with van der Waals surface area (Å²) in [6.07, 6.45) is 4.55. The van der Waals surface area contributed by atoms with E-state index in [0.717, 1.165) is 36.8 Å². The van der Waals surface area contributed by atoms with Crippen LogP contribution in [-0.2, 0) is 6.54 Å². The van der Waals surface area contributed by atoms with Crippen LogP contribution in [0.2, 0.25) is 0 Å². The van der Waals surface area contributed by atoms with E-state index in [0.29, 0.717) is 0 Å². The molecule has 2 heterocycles.